The molecule has 5 nitrogen and oxygen atoms in total. The second kappa shape index (κ2) is 11.0. The number of unbranched alkanes of at least 4 members (excludes halogenated alkanes) is 2. The first kappa shape index (κ1) is 16.9. The predicted octanol–water partition coefficient (Wildman–Crippen LogP) is 2.08. The second-order valence-corrected chi connectivity index (χ2v) is 3.85. The van der Waals surface area contributed by atoms with Crippen molar-refractivity contribution >= 4 is 11.9 Å². The normalized spacial score (nSPS) is 11.9. The molecule has 0 aromatic rings. The molecular weight excluding hydrogens is 236 g/mol. The van der Waals surface area contributed by atoms with Crippen LogP contribution in [0.25, 0.3) is 0 Å². The molecule has 0 aromatic heterocycles. The van der Waals surface area contributed by atoms with Crippen LogP contribution >= 0.6 is 0 Å². The van der Waals surface area contributed by atoms with E-state index in [4.69, 9.17) is 14.2 Å². The molecule has 5 heteroatoms. The lowest BCUT2D eigenvalue weighted by Gasteiger charge is -2.15. The smallest absolute Gasteiger partial charge is 0.335 e. The van der Waals surface area contributed by atoms with Crippen molar-refractivity contribution < 1.29 is 23.8 Å². The Morgan fingerprint density at radius 3 is 2.22 bits per heavy atom. The molecule has 1 unspecified atom stereocenters. The molecule has 0 amide bonds. The van der Waals surface area contributed by atoms with E-state index in [1.807, 2.05) is 0 Å². The highest BCUT2D eigenvalue weighted by atomic mass is 16.6. The molecule has 0 radical (unpaired) electrons. The number of rotatable bonds is 10. The fourth-order valence-electron chi connectivity index (χ4n) is 1.46. The molecule has 0 aliphatic carbocycles. The van der Waals surface area contributed by atoms with Crippen LogP contribution in [0.2, 0.25) is 0 Å². The zero-order chi connectivity index (χ0) is 13.8. The molecule has 1 atom stereocenters. The summed E-state index contributed by atoms with van der Waals surface area (Å²) in [5.41, 5.74) is 0. The molecule has 18 heavy (non-hydrogen) atoms. The highest BCUT2D eigenvalue weighted by Crippen LogP contribution is 2.09. The monoisotopic (exact) mass is 260 g/mol. The molecule has 0 saturated carbocycles. The van der Waals surface area contributed by atoms with Crippen molar-refractivity contribution in [1.82, 2.24) is 0 Å². The van der Waals surface area contributed by atoms with E-state index in [9.17, 15) is 9.59 Å². The minimum atomic E-state index is -0.666. The molecule has 0 bridgehead atoms. The summed E-state index contributed by atoms with van der Waals surface area (Å²) in [6.45, 7) is 5.96. The number of carbonyl (C=O) groups excluding carboxylic acids is 2. The molecule has 0 saturated heterocycles. The number of ether oxygens (including phenoxy) is 3. The molecule has 0 rings (SSSR count). The SMILES string of the molecule is CCCCCC(OCC(=O)OCC)C(=O)OCC. The lowest BCUT2D eigenvalue weighted by atomic mass is 10.1. The average Bonchev–Trinajstić information content (AvgIpc) is 2.34. The highest BCUT2D eigenvalue weighted by molar-refractivity contribution is 5.76. The van der Waals surface area contributed by atoms with Gasteiger partial charge in [0, 0.05) is 0 Å². The van der Waals surface area contributed by atoms with Crippen molar-refractivity contribution in [1.29, 1.82) is 0 Å². The fraction of sp³-hybridized carbons (Fsp3) is 0.846. The van der Waals surface area contributed by atoms with E-state index in [2.05, 4.69) is 6.92 Å². The van der Waals surface area contributed by atoms with Crippen LogP contribution in [0.1, 0.15) is 46.5 Å². The Morgan fingerprint density at radius 2 is 1.67 bits per heavy atom. The van der Waals surface area contributed by atoms with Gasteiger partial charge in [0.25, 0.3) is 0 Å². The summed E-state index contributed by atoms with van der Waals surface area (Å²) >= 11 is 0. The van der Waals surface area contributed by atoms with Crippen LogP contribution in [-0.4, -0.2) is 37.9 Å². The lowest BCUT2D eigenvalue weighted by molar-refractivity contribution is -0.163. The van der Waals surface area contributed by atoms with Crippen LogP contribution in [-0.2, 0) is 23.8 Å². The van der Waals surface area contributed by atoms with Gasteiger partial charge in [0.2, 0.25) is 0 Å². The van der Waals surface area contributed by atoms with E-state index >= 15 is 0 Å². The number of esters is 2. The van der Waals surface area contributed by atoms with Crippen LogP contribution in [0.5, 0.6) is 0 Å². The van der Waals surface area contributed by atoms with Gasteiger partial charge in [0.1, 0.15) is 6.61 Å². The zero-order valence-corrected chi connectivity index (χ0v) is 11.6. The van der Waals surface area contributed by atoms with Crippen molar-refractivity contribution in [3.8, 4) is 0 Å². The summed E-state index contributed by atoms with van der Waals surface area (Å²) in [5.74, 6) is -0.861. The van der Waals surface area contributed by atoms with Crippen molar-refractivity contribution in [2.24, 2.45) is 0 Å². The van der Waals surface area contributed by atoms with Gasteiger partial charge in [-0.3, -0.25) is 0 Å². The fourth-order valence-corrected chi connectivity index (χ4v) is 1.46. The lowest BCUT2D eigenvalue weighted by Crippen LogP contribution is -2.29. The van der Waals surface area contributed by atoms with Crippen molar-refractivity contribution in [3.63, 3.8) is 0 Å². The summed E-state index contributed by atoms with van der Waals surface area (Å²) in [4.78, 5) is 22.8. The maximum absolute atomic E-state index is 11.6. The van der Waals surface area contributed by atoms with E-state index in [0.717, 1.165) is 19.3 Å². The minimum Gasteiger partial charge on any atom is -0.464 e. The number of carbonyl (C=O) groups is 2. The van der Waals surface area contributed by atoms with Crippen molar-refractivity contribution in [2.45, 2.75) is 52.6 Å². The van der Waals surface area contributed by atoms with Crippen molar-refractivity contribution in [2.75, 3.05) is 19.8 Å². The van der Waals surface area contributed by atoms with E-state index in [1.54, 1.807) is 13.8 Å². The van der Waals surface area contributed by atoms with Gasteiger partial charge in [-0.2, -0.15) is 0 Å². The van der Waals surface area contributed by atoms with E-state index in [0.29, 0.717) is 19.6 Å². The Labute approximate surface area is 109 Å². The zero-order valence-electron chi connectivity index (χ0n) is 11.6. The third-order valence-electron chi connectivity index (χ3n) is 2.33. The molecule has 0 spiro atoms. The van der Waals surface area contributed by atoms with Gasteiger partial charge in [0.15, 0.2) is 6.10 Å². The topological polar surface area (TPSA) is 61.8 Å². The maximum Gasteiger partial charge on any atom is 0.335 e. The van der Waals surface area contributed by atoms with Gasteiger partial charge in [0.05, 0.1) is 13.2 Å². The first-order chi connectivity index (χ1) is 8.65. The molecular formula is C13H24O5. The van der Waals surface area contributed by atoms with E-state index < -0.39 is 18.0 Å². The second-order valence-electron chi connectivity index (χ2n) is 3.85. The van der Waals surface area contributed by atoms with Gasteiger partial charge in [-0.25, -0.2) is 9.59 Å². The van der Waals surface area contributed by atoms with E-state index in [1.165, 1.54) is 0 Å². The predicted molar refractivity (Wildman–Crippen MR) is 67.1 cm³/mol. The third-order valence-corrected chi connectivity index (χ3v) is 2.33. The summed E-state index contributed by atoms with van der Waals surface area (Å²) in [6, 6.07) is 0. The highest BCUT2D eigenvalue weighted by Gasteiger charge is 2.21. The van der Waals surface area contributed by atoms with E-state index in [-0.39, 0.29) is 6.61 Å². The summed E-state index contributed by atoms with van der Waals surface area (Å²) < 4.78 is 14.9. The summed E-state index contributed by atoms with van der Waals surface area (Å²) in [6.07, 6.45) is 2.88. The van der Waals surface area contributed by atoms with Crippen LogP contribution in [0.3, 0.4) is 0 Å². The van der Waals surface area contributed by atoms with Crippen LogP contribution in [0.4, 0.5) is 0 Å². The van der Waals surface area contributed by atoms with Crippen molar-refractivity contribution in [3.05, 3.63) is 0 Å². The average molecular weight is 260 g/mol. The Balaban J connectivity index is 4.10. The molecule has 0 aromatic carbocycles. The molecule has 0 heterocycles. The summed E-state index contributed by atoms with van der Waals surface area (Å²) in [5, 5.41) is 0. The minimum absolute atomic E-state index is 0.205. The van der Waals surface area contributed by atoms with Gasteiger partial charge >= 0.3 is 11.9 Å². The number of hydrogen-bond donors (Lipinski definition) is 0. The van der Waals surface area contributed by atoms with Gasteiger partial charge in [-0.15, -0.1) is 0 Å². The van der Waals surface area contributed by atoms with Crippen LogP contribution in [0.15, 0.2) is 0 Å². The van der Waals surface area contributed by atoms with Gasteiger partial charge < -0.3 is 14.2 Å². The summed E-state index contributed by atoms with van der Waals surface area (Å²) in [7, 11) is 0. The quantitative estimate of drug-likeness (QED) is 0.444. The van der Waals surface area contributed by atoms with Gasteiger partial charge in [-0.1, -0.05) is 26.2 Å². The van der Waals surface area contributed by atoms with Crippen LogP contribution in [0, 0.1) is 0 Å². The Morgan fingerprint density at radius 1 is 1.00 bits per heavy atom. The maximum atomic E-state index is 11.6. The van der Waals surface area contributed by atoms with Crippen LogP contribution < -0.4 is 0 Å². The first-order valence-electron chi connectivity index (χ1n) is 6.59. The Hall–Kier alpha value is -1.10. The van der Waals surface area contributed by atoms with Gasteiger partial charge in [-0.05, 0) is 20.3 Å². The number of hydrogen-bond acceptors (Lipinski definition) is 5. The largest absolute Gasteiger partial charge is 0.464 e. The molecule has 0 fully saturated rings. The first-order valence-corrected chi connectivity index (χ1v) is 6.59. The molecule has 106 valence electrons. The Bertz CT molecular complexity index is 240. The molecule has 0 aliphatic heterocycles. The molecule has 0 aliphatic rings. The standard InChI is InChI=1S/C13H24O5/c1-4-7-8-9-11(13(15)17-6-3)18-10-12(14)16-5-2/h11H,4-10H2,1-3H3. The molecule has 0 N–H and O–H groups in total. The Kier molecular flexibility index (Phi) is 10.3. The third kappa shape index (κ3) is 8.06.